The van der Waals surface area contributed by atoms with Gasteiger partial charge in [-0.1, -0.05) is 24.3 Å². The van der Waals surface area contributed by atoms with Crippen molar-refractivity contribution in [3.63, 3.8) is 0 Å². The van der Waals surface area contributed by atoms with Crippen LogP contribution < -0.4 is 4.72 Å². The molecule has 0 saturated heterocycles. The van der Waals surface area contributed by atoms with E-state index in [4.69, 9.17) is 0 Å². The third-order valence-corrected chi connectivity index (χ3v) is 8.24. The van der Waals surface area contributed by atoms with Crippen molar-refractivity contribution in [2.75, 3.05) is 4.72 Å². The van der Waals surface area contributed by atoms with Crippen LogP contribution in [0.25, 0.3) is 11.3 Å². The van der Waals surface area contributed by atoms with Gasteiger partial charge in [0.15, 0.2) is 5.13 Å². The number of thiophene rings is 1. The van der Waals surface area contributed by atoms with Gasteiger partial charge in [-0.25, -0.2) is 13.4 Å². The van der Waals surface area contributed by atoms with Gasteiger partial charge in [-0.15, -0.1) is 22.7 Å². The molecule has 1 N–H and O–H groups in total. The zero-order chi connectivity index (χ0) is 16.0. The van der Waals surface area contributed by atoms with Crippen LogP contribution in [0.1, 0.15) is 10.4 Å². The molecule has 118 valence electrons. The quantitative estimate of drug-likeness (QED) is 0.668. The molecule has 2 aromatic heterocycles. The third kappa shape index (κ3) is 2.84. The van der Waals surface area contributed by atoms with Crippen molar-refractivity contribution in [2.24, 2.45) is 0 Å². The fraction of sp³-hybridized carbons (Fsp3) is 0.133. The Balaban J connectivity index is 1.70. The summed E-state index contributed by atoms with van der Waals surface area (Å²) in [6, 6.07) is 11.5. The van der Waals surface area contributed by atoms with Crippen LogP contribution in [0.4, 0.5) is 5.13 Å². The Morgan fingerprint density at radius 2 is 1.91 bits per heavy atom. The predicted octanol–water partition coefficient (Wildman–Crippen LogP) is 4.53. The van der Waals surface area contributed by atoms with Crippen LogP contribution in [0.5, 0.6) is 0 Å². The van der Waals surface area contributed by atoms with Crippen molar-refractivity contribution >= 4 is 53.8 Å². The van der Waals surface area contributed by atoms with E-state index in [9.17, 15) is 8.42 Å². The Morgan fingerprint density at radius 3 is 2.70 bits per heavy atom. The molecule has 4 rings (SSSR count). The molecular weight excluding hydrogens is 416 g/mol. The van der Waals surface area contributed by atoms with E-state index < -0.39 is 10.0 Å². The van der Waals surface area contributed by atoms with Crippen molar-refractivity contribution in [3.05, 3.63) is 50.6 Å². The summed E-state index contributed by atoms with van der Waals surface area (Å²) in [5.41, 5.74) is 3.28. The maximum absolute atomic E-state index is 12.4. The van der Waals surface area contributed by atoms with E-state index in [-0.39, 0.29) is 4.21 Å². The number of thiazole rings is 1. The summed E-state index contributed by atoms with van der Waals surface area (Å²) in [6.45, 7) is 0. The molecule has 0 radical (unpaired) electrons. The van der Waals surface area contributed by atoms with Crippen LogP contribution in [0.15, 0.2) is 44.4 Å². The molecule has 0 saturated carbocycles. The van der Waals surface area contributed by atoms with Gasteiger partial charge in [0.25, 0.3) is 10.0 Å². The van der Waals surface area contributed by atoms with Crippen molar-refractivity contribution in [3.8, 4) is 11.3 Å². The average Bonchev–Trinajstić information content (AvgIpc) is 3.13. The number of aromatic nitrogens is 1. The van der Waals surface area contributed by atoms with Crippen LogP contribution in [-0.2, 0) is 22.9 Å². The number of fused-ring (bicyclic) bond motifs is 3. The number of nitrogens with one attached hydrogen (secondary N) is 1. The average molecular weight is 427 g/mol. The van der Waals surface area contributed by atoms with Crippen molar-refractivity contribution in [1.82, 2.24) is 4.98 Å². The van der Waals surface area contributed by atoms with Gasteiger partial charge in [-0.3, -0.25) is 4.72 Å². The number of rotatable bonds is 3. The number of aryl methyl sites for hydroxylation is 2. The molecule has 0 atom stereocenters. The molecule has 1 aliphatic carbocycles. The van der Waals surface area contributed by atoms with E-state index in [0.717, 1.165) is 32.8 Å². The van der Waals surface area contributed by atoms with Crippen LogP contribution in [-0.4, -0.2) is 13.4 Å². The van der Waals surface area contributed by atoms with E-state index in [0.29, 0.717) is 5.13 Å². The molecule has 2 heterocycles. The molecular formula is C15H11BrN2O2S3. The first-order valence-electron chi connectivity index (χ1n) is 6.89. The maximum atomic E-state index is 12.4. The first kappa shape index (κ1) is 15.3. The van der Waals surface area contributed by atoms with Crippen molar-refractivity contribution in [1.29, 1.82) is 0 Å². The van der Waals surface area contributed by atoms with E-state index in [2.05, 4.69) is 31.7 Å². The standard InChI is InChI=1S/C15H11BrN2O2S3/c16-12-7-8-13(22-12)23(19,20)18-15-17-14-10-4-2-1-3-9(10)5-6-11(14)21-15/h1-4,7-8H,5-6H2,(H,17,18). The third-order valence-electron chi connectivity index (χ3n) is 3.63. The number of hydrogen-bond acceptors (Lipinski definition) is 5. The van der Waals surface area contributed by atoms with E-state index >= 15 is 0 Å². The highest BCUT2D eigenvalue weighted by Gasteiger charge is 2.23. The largest absolute Gasteiger partial charge is 0.273 e. The minimum absolute atomic E-state index is 0.276. The van der Waals surface area contributed by atoms with Crippen molar-refractivity contribution < 1.29 is 8.42 Å². The Labute approximate surface area is 150 Å². The first-order valence-corrected chi connectivity index (χ1v) is 10.8. The summed E-state index contributed by atoms with van der Waals surface area (Å²) in [4.78, 5) is 5.66. The summed E-state index contributed by atoms with van der Waals surface area (Å²) in [6.07, 6.45) is 1.87. The van der Waals surface area contributed by atoms with Crippen molar-refractivity contribution in [2.45, 2.75) is 17.1 Å². The van der Waals surface area contributed by atoms with Gasteiger partial charge in [0.2, 0.25) is 0 Å². The fourth-order valence-corrected chi connectivity index (χ4v) is 6.82. The second-order valence-corrected chi connectivity index (χ2v) is 10.6. The Kier molecular flexibility index (Phi) is 3.79. The Hall–Kier alpha value is -1.22. The zero-order valence-electron chi connectivity index (χ0n) is 11.7. The Bertz CT molecular complexity index is 992. The lowest BCUT2D eigenvalue weighted by molar-refractivity contribution is 0.603. The van der Waals surface area contributed by atoms with E-state index in [1.54, 1.807) is 12.1 Å². The Morgan fingerprint density at radius 1 is 1.09 bits per heavy atom. The molecule has 8 heteroatoms. The number of benzene rings is 1. The number of halogens is 1. The molecule has 1 aromatic carbocycles. The fourth-order valence-electron chi connectivity index (χ4n) is 2.60. The van der Waals surface area contributed by atoms with Gasteiger partial charge in [0.05, 0.1) is 9.48 Å². The second kappa shape index (κ2) is 5.70. The number of hydrogen-bond donors (Lipinski definition) is 1. The minimum Gasteiger partial charge on any atom is -0.254 e. The molecule has 23 heavy (non-hydrogen) atoms. The highest BCUT2D eigenvalue weighted by molar-refractivity contribution is 9.11. The zero-order valence-corrected chi connectivity index (χ0v) is 15.8. The van der Waals surface area contributed by atoms with Gasteiger partial charge in [0.1, 0.15) is 4.21 Å². The highest BCUT2D eigenvalue weighted by Crippen LogP contribution is 2.38. The molecule has 3 aromatic rings. The first-order chi connectivity index (χ1) is 11.0. The van der Waals surface area contributed by atoms with Crippen LogP contribution in [0.3, 0.4) is 0 Å². The molecule has 4 nitrogen and oxygen atoms in total. The molecule has 0 unspecified atom stereocenters. The molecule has 0 aliphatic heterocycles. The van der Waals surface area contributed by atoms with Gasteiger partial charge < -0.3 is 0 Å². The minimum atomic E-state index is -3.58. The summed E-state index contributed by atoms with van der Waals surface area (Å²) in [5, 5.41) is 0.427. The molecule has 0 bridgehead atoms. The summed E-state index contributed by atoms with van der Waals surface area (Å²) in [7, 11) is -3.58. The van der Waals surface area contributed by atoms with Gasteiger partial charge in [0, 0.05) is 10.4 Å². The topological polar surface area (TPSA) is 59.1 Å². The number of nitrogens with zero attached hydrogens (tertiary/aromatic N) is 1. The molecule has 1 aliphatic rings. The monoisotopic (exact) mass is 426 g/mol. The normalized spacial score (nSPS) is 13.4. The van der Waals surface area contributed by atoms with Gasteiger partial charge >= 0.3 is 0 Å². The predicted molar refractivity (Wildman–Crippen MR) is 97.8 cm³/mol. The van der Waals surface area contributed by atoms with Crippen LogP contribution in [0, 0.1) is 0 Å². The number of sulfonamides is 1. The van der Waals surface area contributed by atoms with Gasteiger partial charge in [-0.2, -0.15) is 0 Å². The lowest BCUT2D eigenvalue weighted by Gasteiger charge is -2.13. The highest BCUT2D eigenvalue weighted by atomic mass is 79.9. The smallest absolute Gasteiger partial charge is 0.254 e. The summed E-state index contributed by atoms with van der Waals surface area (Å²) < 4.78 is 28.5. The lowest BCUT2D eigenvalue weighted by atomic mass is 9.94. The van der Waals surface area contributed by atoms with Crippen LogP contribution >= 0.6 is 38.6 Å². The second-order valence-electron chi connectivity index (χ2n) is 5.11. The molecule has 0 spiro atoms. The maximum Gasteiger partial charge on any atom is 0.273 e. The van der Waals surface area contributed by atoms with Gasteiger partial charge in [-0.05, 0) is 46.5 Å². The number of anilines is 1. The summed E-state index contributed by atoms with van der Waals surface area (Å²) >= 11 is 5.89. The molecule has 0 amide bonds. The van der Waals surface area contributed by atoms with E-state index in [1.807, 2.05) is 18.2 Å². The lowest BCUT2D eigenvalue weighted by Crippen LogP contribution is -2.11. The molecule has 0 fully saturated rings. The summed E-state index contributed by atoms with van der Waals surface area (Å²) in [5.74, 6) is 0. The van der Waals surface area contributed by atoms with Crippen LogP contribution in [0.2, 0.25) is 0 Å². The SMILES string of the molecule is O=S(=O)(Nc1nc2c(s1)CCc1ccccc1-2)c1ccc(Br)s1. The van der Waals surface area contributed by atoms with E-state index in [1.165, 1.54) is 28.2 Å².